The van der Waals surface area contributed by atoms with Gasteiger partial charge in [0.25, 0.3) is 5.91 Å². The molecule has 3 heterocycles. The van der Waals surface area contributed by atoms with E-state index in [1.54, 1.807) is 4.57 Å². The molecule has 5 aromatic rings. The maximum Gasteiger partial charge on any atom is 0.283 e. The number of imidazole rings is 1. The van der Waals surface area contributed by atoms with E-state index in [0.717, 1.165) is 33.7 Å². The first kappa shape index (κ1) is 17.9. The second-order valence-corrected chi connectivity index (χ2v) is 7.34. The Morgan fingerprint density at radius 3 is 2.80 bits per heavy atom. The lowest BCUT2D eigenvalue weighted by Gasteiger charge is -2.09. The lowest BCUT2D eigenvalue weighted by atomic mass is 10.1. The summed E-state index contributed by atoms with van der Waals surface area (Å²) in [5, 5.41) is 4.62. The average molecular weight is 397 g/mol. The number of aromatic amines is 1. The molecule has 0 aliphatic heterocycles. The molecule has 3 aromatic heterocycles. The summed E-state index contributed by atoms with van der Waals surface area (Å²) in [7, 11) is 0. The molecule has 0 aliphatic rings. The number of nitrogens with two attached hydrogens (primary N) is 1. The zero-order valence-corrected chi connectivity index (χ0v) is 16.5. The van der Waals surface area contributed by atoms with Crippen LogP contribution in [0.1, 0.15) is 5.56 Å². The fourth-order valence-corrected chi connectivity index (χ4v) is 3.66. The van der Waals surface area contributed by atoms with Crippen LogP contribution in [0.3, 0.4) is 0 Å². The van der Waals surface area contributed by atoms with E-state index in [-0.39, 0.29) is 6.54 Å². The highest BCUT2D eigenvalue weighted by Crippen LogP contribution is 2.35. The maximum absolute atomic E-state index is 11.3. The first-order chi connectivity index (χ1) is 14.6. The lowest BCUT2D eigenvalue weighted by Crippen LogP contribution is -2.40. The van der Waals surface area contributed by atoms with Crippen LogP contribution in [0.4, 0.5) is 11.5 Å². The highest BCUT2D eigenvalue weighted by molar-refractivity contribution is 5.98. The van der Waals surface area contributed by atoms with Gasteiger partial charge >= 0.3 is 0 Å². The van der Waals surface area contributed by atoms with Crippen molar-refractivity contribution < 1.29 is 9.36 Å². The van der Waals surface area contributed by atoms with Crippen LogP contribution in [-0.4, -0.2) is 20.3 Å². The number of benzene rings is 2. The maximum atomic E-state index is 11.3. The van der Waals surface area contributed by atoms with Gasteiger partial charge in [0.1, 0.15) is 11.5 Å². The Morgan fingerprint density at radius 1 is 1.20 bits per heavy atom. The molecule has 5 rings (SSSR count). The first-order valence-corrected chi connectivity index (χ1v) is 9.68. The van der Waals surface area contributed by atoms with Gasteiger partial charge in [-0.2, -0.15) is 4.57 Å². The van der Waals surface area contributed by atoms with Gasteiger partial charge in [-0.15, -0.1) is 0 Å². The van der Waals surface area contributed by atoms with Gasteiger partial charge in [0, 0.05) is 28.4 Å². The molecule has 4 N–H and O–H groups in total. The van der Waals surface area contributed by atoms with Gasteiger partial charge in [-0.1, -0.05) is 35.9 Å². The van der Waals surface area contributed by atoms with Crippen molar-refractivity contribution in [3.05, 3.63) is 78.9 Å². The predicted octanol–water partition coefficient (Wildman–Crippen LogP) is 3.31. The van der Waals surface area contributed by atoms with E-state index < -0.39 is 5.91 Å². The number of hydrogen-bond acceptors (Lipinski definition) is 3. The number of aryl methyl sites for hydroxylation is 1. The molecule has 0 fully saturated rings. The topological polar surface area (TPSA) is 92.1 Å². The van der Waals surface area contributed by atoms with Crippen LogP contribution in [0, 0.1) is 6.92 Å². The summed E-state index contributed by atoms with van der Waals surface area (Å²) < 4.78 is 3.72. The van der Waals surface area contributed by atoms with Crippen LogP contribution >= 0.6 is 0 Å². The van der Waals surface area contributed by atoms with Gasteiger partial charge in [-0.3, -0.25) is 9.20 Å². The number of amides is 1. The number of nitrogens with one attached hydrogen (secondary N) is 2. The van der Waals surface area contributed by atoms with E-state index in [1.807, 2.05) is 59.5 Å². The largest absolute Gasteiger partial charge is 0.364 e. The molecule has 0 unspecified atom stereocenters. The molecule has 7 heteroatoms. The van der Waals surface area contributed by atoms with Crippen LogP contribution < -0.4 is 15.6 Å². The standard InChI is InChI=1S/C23H20N6O/c1-15-6-8-16(9-7-15)26-23-22(18-12-25-19-5-3-2-4-17(18)19)27-21-14-28(13-20(24)30)10-11-29(21)23/h2-12,14H,13H2,1H3,(H3,24,25,27,30)/p+1. The molecule has 0 atom stereocenters. The number of H-pyrrole nitrogens is 1. The first-order valence-electron chi connectivity index (χ1n) is 9.68. The van der Waals surface area contributed by atoms with Crippen molar-refractivity contribution in [3.8, 4) is 11.3 Å². The zero-order chi connectivity index (χ0) is 20.7. The molecule has 0 saturated carbocycles. The Bertz CT molecular complexity index is 1380. The second kappa shape index (κ2) is 7.04. The van der Waals surface area contributed by atoms with Crippen molar-refractivity contribution in [1.29, 1.82) is 0 Å². The fraction of sp³-hybridized carbons (Fsp3) is 0.0870. The molecule has 148 valence electrons. The molecular formula is C23H21N6O+. The Morgan fingerprint density at radius 2 is 2.00 bits per heavy atom. The molecule has 1 amide bonds. The number of fused-ring (bicyclic) bond motifs is 2. The number of carbonyl (C=O) groups excluding carboxylic acids is 1. The van der Waals surface area contributed by atoms with Crippen LogP contribution in [0.15, 0.2) is 73.3 Å². The number of anilines is 2. The van der Waals surface area contributed by atoms with Crippen LogP contribution in [0.5, 0.6) is 0 Å². The van der Waals surface area contributed by atoms with Crippen LogP contribution in [0.2, 0.25) is 0 Å². The van der Waals surface area contributed by atoms with E-state index in [2.05, 4.69) is 35.4 Å². The Hall–Kier alpha value is -4.13. The SMILES string of the molecule is Cc1ccc(Nc2c(-c3c[nH]c4ccccc34)nc3c[n+](CC(N)=O)ccn23)cc1. The van der Waals surface area contributed by atoms with E-state index in [1.165, 1.54) is 5.56 Å². The fourth-order valence-electron chi connectivity index (χ4n) is 3.66. The predicted molar refractivity (Wildman–Crippen MR) is 116 cm³/mol. The molecule has 0 saturated heterocycles. The number of nitrogens with zero attached hydrogens (tertiary/aromatic N) is 3. The minimum Gasteiger partial charge on any atom is -0.364 e. The van der Waals surface area contributed by atoms with E-state index in [9.17, 15) is 4.79 Å². The monoisotopic (exact) mass is 397 g/mol. The summed E-state index contributed by atoms with van der Waals surface area (Å²) in [6.45, 7) is 2.17. The van der Waals surface area contributed by atoms with Crippen molar-refractivity contribution in [2.75, 3.05) is 5.32 Å². The Kier molecular flexibility index (Phi) is 4.21. The summed E-state index contributed by atoms with van der Waals surface area (Å²) in [6, 6.07) is 16.4. The number of carbonyl (C=O) groups is 1. The highest BCUT2D eigenvalue weighted by Gasteiger charge is 2.20. The molecule has 2 aromatic carbocycles. The molecule has 0 aliphatic carbocycles. The third-order valence-electron chi connectivity index (χ3n) is 5.12. The molecule has 30 heavy (non-hydrogen) atoms. The van der Waals surface area contributed by atoms with Gasteiger partial charge in [0.2, 0.25) is 18.4 Å². The third-order valence-corrected chi connectivity index (χ3v) is 5.12. The summed E-state index contributed by atoms with van der Waals surface area (Å²) in [4.78, 5) is 19.6. The van der Waals surface area contributed by atoms with Crippen molar-refractivity contribution >= 4 is 34.0 Å². The number of primary amides is 1. The summed E-state index contributed by atoms with van der Waals surface area (Å²) in [6.07, 6.45) is 7.51. The minimum atomic E-state index is -0.397. The van der Waals surface area contributed by atoms with E-state index in [4.69, 9.17) is 10.7 Å². The zero-order valence-electron chi connectivity index (χ0n) is 16.5. The number of rotatable bonds is 5. The van der Waals surface area contributed by atoms with Crippen LogP contribution in [-0.2, 0) is 11.3 Å². The summed E-state index contributed by atoms with van der Waals surface area (Å²) >= 11 is 0. The molecule has 0 bridgehead atoms. The highest BCUT2D eigenvalue weighted by atomic mass is 16.1. The number of aromatic nitrogens is 4. The normalized spacial score (nSPS) is 11.2. The van der Waals surface area contributed by atoms with E-state index >= 15 is 0 Å². The van der Waals surface area contributed by atoms with Crippen molar-refractivity contribution in [2.45, 2.75) is 13.5 Å². The Balaban J connectivity index is 1.70. The molecular weight excluding hydrogens is 376 g/mol. The van der Waals surface area contributed by atoms with Gasteiger partial charge in [0.05, 0.1) is 6.20 Å². The quantitative estimate of drug-likeness (QED) is 0.397. The summed E-state index contributed by atoms with van der Waals surface area (Å²) in [5.74, 6) is 0.454. The number of hydrogen-bond donors (Lipinski definition) is 3. The minimum absolute atomic E-state index is 0.104. The Labute approximate surface area is 172 Å². The van der Waals surface area contributed by atoms with Crippen molar-refractivity contribution in [3.63, 3.8) is 0 Å². The van der Waals surface area contributed by atoms with Gasteiger partial charge in [0.15, 0.2) is 6.20 Å². The van der Waals surface area contributed by atoms with Crippen LogP contribution in [0.25, 0.3) is 27.8 Å². The number of para-hydroxylation sites is 1. The average Bonchev–Trinajstić information content (AvgIpc) is 3.30. The summed E-state index contributed by atoms with van der Waals surface area (Å²) in [5.41, 5.74) is 11.1. The van der Waals surface area contributed by atoms with Gasteiger partial charge < -0.3 is 16.0 Å². The van der Waals surface area contributed by atoms with E-state index in [0.29, 0.717) is 5.65 Å². The lowest BCUT2D eigenvalue weighted by molar-refractivity contribution is -0.683. The second-order valence-electron chi connectivity index (χ2n) is 7.34. The molecule has 0 spiro atoms. The van der Waals surface area contributed by atoms with Gasteiger partial charge in [-0.25, -0.2) is 4.98 Å². The smallest absolute Gasteiger partial charge is 0.283 e. The molecule has 7 nitrogen and oxygen atoms in total. The van der Waals surface area contributed by atoms with Crippen molar-refractivity contribution in [1.82, 2.24) is 14.4 Å². The third kappa shape index (κ3) is 3.16. The van der Waals surface area contributed by atoms with Crippen molar-refractivity contribution in [2.24, 2.45) is 5.73 Å². The molecule has 0 radical (unpaired) electrons. The van der Waals surface area contributed by atoms with Gasteiger partial charge in [-0.05, 0) is 25.1 Å².